The minimum Gasteiger partial charge on any atom is -0.497 e. The van der Waals surface area contributed by atoms with Crippen molar-refractivity contribution in [1.29, 1.82) is 0 Å². The molecule has 32 heavy (non-hydrogen) atoms. The number of ether oxygens (including phenoxy) is 2. The zero-order valence-corrected chi connectivity index (χ0v) is 19.2. The van der Waals surface area contributed by atoms with Gasteiger partial charge in [-0.1, -0.05) is 25.1 Å². The molecule has 0 saturated heterocycles. The van der Waals surface area contributed by atoms with E-state index in [1.54, 1.807) is 31.2 Å². The van der Waals surface area contributed by atoms with E-state index >= 15 is 0 Å². The van der Waals surface area contributed by atoms with Gasteiger partial charge in [0.05, 0.1) is 31.2 Å². The monoisotopic (exact) mass is 448 g/mol. The molecule has 0 aliphatic heterocycles. The fourth-order valence-electron chi connectivity index (χ4n) is 3.42. The van der Waals surface area contributed by atoms with E-state index in [-0.39, 0.29) is 5.91 Å². The average Bonchev–Trinajstić information content (AvgIpc) is 3.42. The predicted octanol–water partition coefficient (Wildman–Crippen LogP) is 5.14. The third kappa shape index (κ3) is 4.22. The van der Waals surface area contributed by atoms with Crippen LogP contribution < -0.4 is 14.8 Å². The number of nitrogens with zero attached hydrogens (tertiary/aromatic N) is 3. The van der Waals surface area contributed by atoms with Gasteiger partial charge in [-0.2, -0.15) is 5.10 Å². The summed E-state index contributed by atoms with van der Waals surface area (Å²) in [5.74, 6) is 0.941. The van der Waals surface area contributed by atoms with Crippen molar-refractivity contribution >= 4 is 22.4 Å². The van der Waals surface area contributed by atoms with Crippen LogP contribution in [0.25, 0.3) is 16.9 Å². The van der Waals surface area contributed by atoms with E-state index in [0.29, 0.717) is 33.5 Å². The Morgan fingerprint density at radius 3 is 2.56 bits per heavy atom. The molecule has 7 nitrogen and oxygen atoms in total. The SMILES string of the molecule is CCc1nc(NC(=O)c2cn(-c3ccccc3)nc2-c2ccc(OC)cc2OC)sc1C. The van der Waals surface area contributed by atoms with Crippen LogP contribution in [-0.2, 0) is 6.42 Å². The maximum atomic E-state index is 13.3. The van der Waals surface area contributed by atoms with Crippen LogP contribution in [0, 0.1) is 6.92 Å². The summed E-state index contributed by atoms with van der Waals surface area (Å²) in [6, 6.07) is 15.1. The van der Waals surface area contributed by atoms with E-state index in [4.69, 9.17) is 14.6 Å². The molecule has 1 amide bonds. The number of benzene rings is 2. The van der Waals surface area contributed by atoms with Crippen LogP contribution in [0.2, 0.25) is 0 Å². The van der Waals surface area contributed by atoms with Gasteiger partial charge in [0.25, 0.3) is 5.91 Å². The Morgan fingerprint density at radius 2 is 1.91 bits per heavy atom. The lowest BCUT2D eigenvalue weighted by molar-refractivity contribution is 0.102. The average molecular weight is 449 g/mol. The van der Waals surface area contributed by atoms with Gasteiger partial charge in [-0.25, -0.2) is 9.67 Å². The molecule has 2 aromatic heterocycles. The Labute approximate surface area is 190 Å². The van der Waals surface area contributed by atoms with E-state index in [2.05, 4.69) is 10.3 Å². The highest BCUT2D eigenvalue weighted by Crippen LogP contribution is 2.35. The van der Waals surface area contributed by atoms with Gasteiger partial charge in [0, 0.05) is 22.7 Å². The number of thiazole rings is 1. The molecule has 0 spiro atoms. The summed E-state index contributed by atoms with van der Waals surface area (Å²) in [4.78, 5) is 19.0. The van der Waals surface area contributed by atoms with Gasteiger partial charge in [0.1, 0.15) is 17.2 Å². The lowest BCUT2D eigenvalue weighted by atomic mass is 10.1. The molecule has 4 rings (SSSR count). The molecular weight excluding hydrogens is 424 g/mol. The summed E-state index contributed by atoms with van der Waals surface area (Å²) in [7, 11) is 3.18. The maximum Gasteiger partial charge on any atom is 0.261 e. The summed E-state index contributed by atoms with van der Waals surface area (Å²) in [6.45, 7) is 4.05. The quantitative estimate of drug-likeness (QED) is 0.424. The minimum atomic E-state index is -0.281. The second-order valence-corrected chi connectivity index (χ2v) is 8.27. The van der Waals surface area contributed by atoms with E-state index in [0.717, 1.165) is 22.7 Å². The van der Waals surface area contributed by atoms with E-state index in [1.165, 1.54) is 11.3 Å². The highest BCUT2D eigenvalue weighted by atomic mass is 32.1. The number of aryl methyl sites for hydroxylation is 2. The fraction of sp³-hybridized carbons (Fsp3) is 0.208. The van der Waals surface area contributed by atoms with Crippen molar-refractivity contribution in [3.05, 3.63) is 70.9 Å². The van der Waals surface area contributed by atoms with Crippen LogP contribution in [0.4, 0.5) is 5.13 Å². The largest absolute Gasteiger partial charge is 0.497 e. The van der Waals surface area contributed by atoms with E-state index in [9.17, 15) is 4.79 Å². The molecular formula is C24H24N4O3S. The number of carbonyl (C=O) groups is 1. The first kappa shape index (κ1) is 21.6. The number of hydrogen-bond donors (Lipinski definition) is 1. The topological polar surface area (TPSA) is 78.3 Å². The number of rotatable bonds is 7. The number of amides is 1. The predicted molar refractivity (Wildman–Crippen MR) is 126 cm³/mol. The highest BCUT2D eigenvalue weighted by Gasteiger charge is 2.23. The number of para-hydroxylation sites is 1. The standard InChI is InChI=1S/C24H24N4O3S/c1-5-20-15(2)32-24(25-20)26-23(29)19-14-28(16-9-7-6-8-10-16)27-22(19)18-12-11-17(30-3)13-21(18)31-4/h6-14H,5H2,1-4H3,(H,25,26,29). The second-order valence-electron chi connectivity index (χ2n) is 7.07. The summed E-state index contributed by atoms with van der Waals surface area (Å²) in [5, 5.41) is 8.25. The normalized spacial score (nSPS) is 10.8. The summed E-state index contributed by atoms with van der Waals surface area (Å²) in [5.41, 5.74) is 3.46. The molecule has 1 N–H and O–H groups in total. The third-order valence-corrected chi connectivity index (χ3v) is 6.02. The minimum absolute atomic E-state index is 0.281. The van der Waals surface area contributed by atoms with E-state index in [1.807, 2.05) is 56.3 Å². The molecule has 0 atom stereocenters. The summed E-state index contributed by atoms with van der Waals surface area (Å²) >= 11 is 1.47. The number of nitrogens with one attached hydrogen (secondary N) is 1. The Hall–Kier alpha value is -3.65. The smallest absolute Gasteiger partial charge is 0.261 e. The van der Waals surface area contributed by atoms with Crippen molar-refractivity contribution in [2.24, 2.45) is 0 Å². The molecule has 0 aliphatic rings. The molecule has 8 heteroatoms. The van der Waals surface area contributed by atoms with Gasteiger partial charge in [-0.15, -0.1) is 11.3 Å². The molecule has 4 aromatic rings. The van der Waals surface area contributed by atoms with Gasteiger partial charge in [0.2, 0.25) is 0 Å². The van der Waals surface area contributed by atoms with Crippen LogP contribution in [0.5, 0.6) is 11.5 Å². The van der Waals surface area contributed by atoms with E-state index < -0.39 is 0 Å². The lowest BCUT2D eigenvalue weighted by Gasteiger charge is -2.10. The summed E-state index contributed by atoms with van der Waals surface area (Å²) in [6.07, 6.45) is 2.54. The highest BCUT2D eigenvalue weighted by molar-refractivity contribution is 7.15. The molecule has 0 aliphatic carbocycles. The zero-order chi connectivity index (χ0) is 22.7. The van der Waals surface area contributed by atoms with Gasteiger partial charge in [-0.05, 0) is 37.6 Å². The Morgan fingerprint density at radius 1 is 1.12 bits per heavy atom. The van der Waals surface area contributed by atoms with Crippen molar-refractivity contribution in [3.8, 4) is 28.4 Å². The van der Waals surface area contributed by atoms with Crippen LogP contribution in [-0.4, -0.2) is 34.9 Å². The molecule has 164 valence electrons. The summed E-state index contributed by atoms with van der Waals surface area (Å²) < 4.78 is 12.6. The van der Waals surface area contributed by atoms with Gasteiger partial charge < -0.3 is 9.47 Å². The number of carbonyl (C=O) groups excluding carboxylic acids is 1. The first-order chi connectivity index (χ1) is 15.5. The molecule has 2 heterocycles. The molecule has 2 aromatic carbocycles. The number of methoxy groups -OCH3 is 2. The maximum absolute atomic E-state index is 13.3. The van der Waals surface area contributed by atoms with Crippen molar-refractivity contribution in [2.45, 2.75) is 20.3 Å². The third-order valence-electron chi connectivity index (χ3n) is 5.09. The molecule has 0 radical (unpaired) electrons. The van der Waals surface area contributed by atoms with Crippen molar-refractivity contribution < 1.29 is 14.3 Å². The Bertz CT molecular complexity index is 1250. The van der Waals surface area contributed by atoms with Gasteiger partial charge in [0.15, 0.2) is 5.13 Å². The van der Waals surface area contributed by atoms with Crippen molar-refractivity contribution in [1.82, 2.24) is 14.8 Å². The number of anilines is 1. The molecule has 0 unspecified atom stereocenters. The second kappa shape index (κ2) is 9.23. The van der Waals surface area contributed by atoms with Crippen LogP contribution in [0.3, 0.4) is 0 Å². The number of hydrogen-bond acceptors (Lipinski definition) is 6. The first-order valence-electron chi connectivity index (χ1n) is 10.2. The number of aromatic nitrogens is 3. The molecule has 0 saturated carbocycles. The van der Waals surface area contributed by atoms with Gasteiger partial charge in [-0.3, -0.25) is 10.1 Å². The Kier molecular flexibility index (Phi) is 6.23. The van der Waals surface area contributed by atoms with Crippen LogP contribution in [0.15, 0.2) is 54.7 Å². The first-order valence-corrected chi connectivity index (χ1v) is 11.0. The van der Waals surface area contributed by atoms with Crippen LogP contribution >= 0.6 is 11.3 Å². The Balaban J connectivity index is 1.80. The van der Waals surface area contributed by atoms with Crippen LogP contribution in [0.1, 0.15) is 27.9 Å². The molecule has 0 fully saturated rings. The zero-order valence-electron chi connectivity index (χ0n) is 18.4. The van der Waals surface area contributed by atoms with Gasteiger partial charge >= 0.3 is 0 Å². The lowest BCUT2D eigenvalue weighted by Crippen LogP contribution is -2.12. The molecule has 0 bridgehead atoms. The van der Waals surface area contributed by atoms with Crippen molar-refractivity contribution in [2.75, 3.05) is 19.5 Å². The van der Waals surface area contributed by atoms with Crippen molar-refractivity contribution in [3.63, 3.8) is 0 Å². The fourth-order valence-corrected chi connectivity index (χ4v) is 4.32.